The molecular formula is AlGdO2+2. The molecule has 0 N–H and O–H groups in total. The Bertz CT molecular complexity index is 6.00. The van der Waals surface area contributed by atoms with Gasteiger partial charge < -0.3 is 11.0 Å². The summed E-state index contributed by atoms with van der Waals surface area (Å²) in [5, 5.41) is 0. The van der Waals surface area contributed by atoms with E-state index in [1.54, 1.807) is 0 Å². The maximum atomic E-state index is 0. The average molecular weight is 216 g/mol. The summed E-state index contributed by atoms with van der Waals surface area (Å²) in [5.41, 5.74) is 0. The molecule has 4 heavy (non-hydrogen) atoms. The van der Waals surface area contributed by atoms with Gasteiger partial charge >= 0.3 is 57.3 Å². The Balaban J connectivity index is 0. The third-order valence-electron chi connectivity index (χ3n) is 0. The molecule has 2 nitrogen and oxygen atoms in total. The average Bonchev–Trinajstić information content (AvgIpc) is 0. The number of rotatable bonds is 0. The smallest absolute Gasteiger partial charge is 2.00 e. The Morgan fingerprint density at radius 3 is 0.750 bits per heavy atom. The van der Waals surface area contributed by atoms with E-state index in [2.05, 4.69) is 0 Å². The monoisotopic (exact) mass is 217 g/mol. The molecule has 0 aromatic heterocycles. The fraction of sp³-hybridized carbons (Fsp3) is 0. The molecule has 0 fully saturated rings. The van der Waals surface area contributed by atoms with Crippen LogP contribution in [0.4, 0.5) is 0 Å². The third-order valence-corrected chi connectivity index (χ3v) is 0. The summed E-state index contributed by atoms with van der Waals surface area (Å²) >= 11 is 0. The SMILES string of the molecule is [Al+3].[Gd+3].[O-2].[O-2]. The first-order valence-electron chi connectivity index (χ1n) is 0. The van der Waals surface area contributed by atoms with Crippen LogP contribution in [0.2, 0.25) is 0 Å². The van der Waals surface area contributed by atoms with Crippen LogP contribution < -0.4 is 0 Å². The topological polar surface area (TPSA) is 57.0 Å². The van der Waals surface area contributed by atoms with Crippen molar-refractivity contribution in [1.29, 1.82) is 0 Å². The van der Waals surface area contributed by atoms with E-state index in [4.69, 9.17) is 0 Å². The zero-order valence-corrected chi connectivity index (χ0v) is 5.17. The van der Waals surface area contributed by atoms with E-state index >= 15 is 0 Å². The molecule has 21 valence electrons. The van der Waals surface area contributed by atoms with Gasteiger partial charge in [-0.3, -0.25) is 0 Å². The van der Waals surface area contributed by atoms with Crippen LogP contribution in [0.1, 0.15) is 0 Å². The first kappa shape index (κ1) is 41.7. The standard InChI is InChI=1S/Al.Gd.2O/q2*+3;2*-2. The Morgan fingerprint density at radius 2 is 0.750 bits per heavy atom. The van der Waals surface area contributed by atoms with Gasteiger partial charge in [0.1, 0.15) is 0 Å². The summed E-state index contributed by atoms with van der Waals surface area (Å²) in [7, 11) is 0. The summed E-state index contributed by atoms with van der Waals surface area (Å²) in [5.74, 6) is 0. The van der Waals surface area contributed by atoms with Crippen molar-refractivity contribution in [2.45, 2.75) is 0 Å². The Hall–Kier alpha value is 1.78. The quantitative estimate of drug-likeness (QED) is 0.485. The minimum Gasteiger partial charge on any atom is -2.00 e. The van der Waals surface area contributed by atoms with Crippen LogP contribution in [0.15, 0.2) is 0 Å². The maximum absolute atomic E-state index is 0. The molecular weight excluding hydrogens is 216 g/mol. The van der Waals surface area contributed by atoms with Crippen LogP contribution in [0.25, 0.3) is 0 Å². The van der Waals surface area contributed by atoms with Crippen molar-refractivity contribution in [1.82, 2.24) is 0 Å². The van der Waals surface area contributed by atoms with Crippen LogP contribution >= 0.6 is 0 Å². The second kappa shape index (κ2) is 21.6. The van der Waals surface area contributed by atoms with Crippen molar-refractivity contribution in [2.24, 2.45) is 0 Å². The summed E-state index contributed by atoms with van der Waals surface area (Å²) in [6, 6.07) is 0. The second-order valence-electron chi connectivity index (χ2n) is 0. The largest absolute Gasteiger partial charge is 3.00 e. The van der Waals surface area contributed by atoms with E-state index < -0.39 is 0 Å². The molecule has 0 bridgehead atoms. The molecule has 4 heteroatoms. The van der Waals surface area contributed by atoms with Gasteiger partial charge in [0, 0.05) is 0 Å². The van der Waals surface area contributed by atoms with E-state index in [1.165, 1.54) is 0 Å². The van der Waals surface area contributed by atoms with Gasteiger partial charge in [0.15, 0.2) is 0 Å². The minimum atomic E-state index is 0. The van der Waals surface area contributed by atoms with Crippen LogP contribution in [0.5, 0.6) is 0 Å². The minimum absolute atomic E-state index is 0. The van der Waals surface area contributed by atoms with E-state index in [0.29, 0.717) is 0 Å². The van der Waals surface area contributed by atoms with Crippen LogP contribution in [-0.4, -0.2) is 17.4 Å². The third kappa shape index (κ3) is 9.22. The van der Waals surface area contributed by atoms with Crippen molar-refractivity contribution < 1.29 is 50.9 Å². The molecule has 0 saturated carbocycles. The normalized spacial score (nSPS) is 0. The zero-order chi connectivity index (χ0) is 0. The van der Waals surface area contributed by atoms with Crippen molar-refractivity contribution in [2.75, 3.05) is 0 Å². The molecule has 0 aliphatic heterocycles. The van der Waals surface area contributed by atoms with Crippen molar-refractivity contribution >= 4 is 17.4 Å². The molecule has 0 unspecified atom stereocenters. The van der Waals surface area contributed by atoms with Crippen LogP contribution in [0.3, 0.4) is 0 Å². The summed E-state index contributed by atoms with van der Waals surface area (Å²) in [6.45, 7) is 0. The Labute approximate surface area is 67.4 Å². The first-order chi connectivity index (χ1) is 0. The molecule has 0 aromatic carbocycles. The van der Waals surface area contributed by atoms with E-state index in [-0.39, 0.29) is 68.3 Å². The van der Waals surface area contributed by atoms with Gasteiger partial charge in [0.2, 0.25) is 0 Å². The van der Waals surface area contributed by atoms with Gasteiger partial charge in [-0.2, -0.15) is 0 Å². The van der Waals surface area contributed by atoms with E-state index in [1.807, 2.05) is 0 Å². The van der Waals surface area contributed by atoms with Gasteiger partial charge in [0.25, 0.3) is 0 Å². The van der Waals surface area contributed by atoms with E-state index in [0.717, 1.165) is 0 Å². The number of hydrogen-bond donors (Lipinski definition) is 0. The second-order valence-corrected chi connectivity index (χ2v) is 0. The summed E-state index contributed by atoms with van der Waals surface area (Å²) < 4.78 is 0. The summed E-state index contributed by atoms with van der Waals surface area (Å²) in [6.07, 6.45) is 0. The fourth-order valence-corrected chi connectivity index (χ4v) is 0. The molecule has 0 rings (SSSR count). The predicted molar refractivity (Wildman–Crippen MR) is 7.13 cm³/mol. The van der Waals surface area contributed by atoms with Crippen LogP contribution in [0, 0.1) is 39.9 Å². The van der Waals surface area contributed by atoms with Crippen molar-refractivity contribution in [3.63, 3.8) is 0 Å². The van der Waals surface area contributed by atoms with Crippen molar-refractivity contribution in [3.8, 4) is 0 Å². The first-order valence-corrected chi connectivity index (χ1v) is 0. The molecule has 0 amide bonds. The predicted octanol–water partition coefficient (Wildman–Crippen LogP) is -0.618. The van der Waals surface area contributed by atoms with Crippen LogP contribution in [-0.2, 0) is 11.0 Å². The molecule has 0 heterocycles. The van der Waals surface area contributed by atoms with Gasteiger partial charge in [-0.25, -0.2) is 0 Å². The molecule has 0 aliphatic carbocycles. The molecule has 0 spiro atoms. The number of hydrogen-bond acceptors (Lipinski definition) is 0. The van der Waals surface area contributed by atoms with Gasteiger partial charge in [-0.15, -0.1) is 0 Å². The van der Waals surface area contributed by atoms with E-state index in [9.17, 15) is 0 Å². The van der Waals surface area contributed by atoms with Gasteiger partial charge in [0.05, 0.1) is 0 Å². The Morgan fingerprint density at radius 1 is 0.750 bits per heavy atom. The fourth-order valence-electron chi connectivity index (χ4n) is 0. The molecule has 0 atom stereocenters. The van der Waals surface area contributed by atoms with Crippen molar-refractivity contribution in [3.05, 3.63) is 0 Å². The summed E-state index contributed by atoms with van der Waals surface area (Å²) in [4.78, 5) is 0. The van der Waals surface area contributed by atoms with Gasteiger partial charge in [-0.05, 0) is 0 Å². The Kier molecular flexibility index (Phi) is 225. The zero-order valence-electron chi connectivity index (χ0n) is 1.75. The molecule has 0 aliphatic rings. The maximum Gasteiger partial charge on any atom is 3.00 e. The molecule has 0 aromatic rings. The van der Waals surface area contributed by atoms with Gasteiger partial charge in [-0.1, -0.05) is 0 Å². The molecule has 0 saturated heterocycles. The molecule has 1 radical (unpaired) electrons.